The second kappa shape index (κ2) is 6.00. The van der Waals surface area contributed by atoms with Gasteiger partial charge in [-0.05, 0) is 12.1 Å². The molecule has 0 fully saturated rings. The predicted molar refractivity (Wildman–Crippen MR) is 62.2 cm³/mol. The minimum Gasteiger partial charge on any atom is -0.492 e. The maximum atomic E-state index is 13.3. The molecule has 0 aliphatic heterocycles. The topological polar surface area (TPSA) is 66.8 Å². The highest BCUT2D eigenvalue weighted by atomic mass is 19.1. The van der Waals surface area contributed by atoms with Crippen LogP contribution in [0.1, 0.15) is 16.8 Å². The Morgan fingerprint density at radius 2 is 2.06 bits per heavy atom. The number of carboxylic acid groups (broad SMARTS) is 1. The van der Waals surface area contributed by atoms with Gasteiger partial charge in [0.15, 0.2) is 0 Å². The summed E-state index contributed by atoms with van der Waals surface area (Å²) in [6.45, 7) is 0.000741. The SMILES string of the molecule is CN(C)C(=O)CCOc1cccc(F)c1C(=O)O. The highest BCUT2D eigenvalue weighted by Crippen LogP contribution is 2.21. The third kappa shape index (κ3) is 3.44. The summed E-state index contributed by atoms with van der Waals surface area (Å²) in [4.78, 5) is 23.5. The molecule has 0 heterocycles. The molecule has 1 aromatic carbocycles. The van der Waals surface area contributed by atoms with E-state index in [-0.39, 0.29) is 24.7 Å². The number of benzene rings is 1. The first kappa shape index (κ1) is 14.0. The van der Waals surface area contributed by atoms with Gasteiger partial charge in [-0.3, -0.25) is 4.79 Å². The largest absolute Gasteiger partial charge is 0.492 e. The number of aromatic carboxylic acids is 1. The first-order chi connectivity index (χ1) is 8.43. The second-order valence-electron chi connectivity index (χ2n) is 3.80. The standard InChI is InChI=1S/C12H14FNO4/c1-14(2)10(15)6-7-18-9-5-3-4-8(13)11(9)12(16)17/h3-5H,6-7H2,1-2H3,(H,16,17). The fourth-order valence-corrected chi connectivity index (χ4v) is 1.30. The lowest BCUT2D eigenvalue weighted by molar-refractivity contribution is -0.129. The zero-order chi connectivity index (χ0) is 13.7. The van der Waals surface area contributed by atoms with E-state index in [9.17, 15) is 14.0 Å². The van der Waals surface area contributed by atoms with Crippen molar-refractivity contribution in [1.29, 1.82) is 0 Å². The molecule has 1 N–H and O–H groups in total. The van der Waals surface area contributed by atoms with Crippen molar-refractivity contribution in [2.24, 2.45) is 0 Å². The van der Waals surface area contributed by atoms with Crippen LogP contribution in [-0.4, -0.2) is 42.6 Å². The van der Waals surface area contributed by atoms with Crippen LogP contribution in [0.2, 0.25) is 0 Å². The average molecular weight is 255 g/mol. The van der Waals surface area contributed by atoms with Crippen molar-refractivity contribution in [2.75, 3.05) is 20.7 Å². The summed E-state index contributed by atoms with van der Waals surface area (Å²) < 4.78 is 18.4. The van der Waals surface area contributed by atoms with Gasteiger partial charge >= 0.3 is 5.97 Å². The number of carboxylic acids is 1. The zero-order valence-electron chi connectivity index (χ0n) is 10.1. The maximum absolute atomic E-state index is 13.3. The maximum Gasteiger partial charge on any atom is 0.342 e. The lowest BCUT2D eigenvalue weighted by Crippen LogP contribution is -2.23. The van der Waals surface area contributed by atoms with Crippen LogP contribution in [0.3, 0.4) is 0 Å². The quantitative estimate of drug-likeness (QED) is 0.863. The Balaban J connectivity index is 2.71. The Hall–Kier alpha value is -2.11. The van der Waals surface area contributed by atoms with E-state index in [1.807, 2.05) is 0 Å². The van der Waals surface area contributed by atoms with Gasteiger partial charge in [-0.25, -0.2) is 9.18 Å². The van der Waals surface area contributed by atoms with Gasteiger partial charge in [-0.1, -0.05) is 6.07 Å². The molecular weight excluding hydrogens is 241 g/mol. The van der Waals surface area contributed by atoms with Crippen molar-refractivity contribution >= 4 is 11.9 Å². The van der Waals surface area contributed by atoms with Crippen molar-refractivity contribution in [1.82, 2.24) is 4.90 Å². The van der Waals surface area contributed by atoms with E-state index in [0.29, 0.717) is 0 Å². The molecule has 0 saturated carbocycles. The molecule has 0 aliphatic rings. The third-order valence-electron chi connectivity index (χ3n) is 2.26. The number of carbonyl (C=O) groups is 2. The molecular formula is C12H14FNO4. The molecule has 0 saturated heterocycles. The molecule has 0 aliphatic carbocycles. The van der Waals surface area contributed by atoms with Crippen LogP contribution in [0.15, 0.2) is 18.2 Å². The highest BCUT2D eigenvalue weighted by molar-refractivity contribution is 5.91. The number of rotatable bonds is 5. The lowest BCUT2D eigenvalue weighted by Gasteiger charge is -2.12. The number of ether oxygens (including phenoxy) is 1. The molecule has 1 amide bonds. The number of amides is 1. The second-order valence-corrected chi connectivity index (χ2v) is 3.80. The zero-order valence-corrected chi connectivity index (χ0v) is 10.1. The molecule has 0 spiro atoms. The number of hydrogen-bond acceptors (Lipinski definition) is 3. The van der Waals surface area contributed by atoms with E-state index in [1.54, 1.807) is 14.1 Å². The number of nitrogens with zero attached hydrogens (tertiary/aromatic N) is 1. The summed E-state index contributed by atoms with van der Waals surface area (Å²) in [5, 5.41) is 8.85. The van der Waals surface area contributed by atoms with E-state index in [4.69, 9.17) is 9.84 Å². The van der Waals surface area contributed by atoms with E-state index < -0.39 is 17.3 Å². The van der Waals surface area contributed by atoms with Crippen LogP contribution >= 0.6 is 0 Å². The van der Waals surface area contributed by atoms with Gasteiger partial charge in [0.05, 0.1) is 13.0 Å². The Bertz CT molecular complexity index is 459. The molecule has 1 rings (SSSR count). The molecule has 0 aromatic heterocycles. The monoisotopic (exact) mass is 255 g/mol. The van der Waals surface area contributed by atoms with Crippen LogP contribution in [-0.2, 0) is 4.79 Å². The van der Waals surface area contributed by atoms with Gasteiger partial charge in [-0.15, -0.1) is 0 Å². The molecule has 5 nitrogen and oxygen atoms in total. The number of hydrogen-bond donors (Lipinski definition) is 1. The average Bonchev–Trinajstić information content (AvgIpc) is 2.28. The fourth-order valence-electron chi connectivity index (χ4n) is 1.30. The van der Waals surface area contributed by atoms with Crippen LogP contribution in [0.5, 0.6) is 5.75 Å². The van der Waals surface area contributed by atoms with Gasteiger partial charge in [0, 0.05) is 14.1 Å². The smallest absolute Gasteiger partial charge is 0.342 e. The van der Waals surface area contributed by atoms with Crippen molar-refractivity contribution < 1.29 is 23.8 Å². The van der Waals surface area contributed by atoms with Gasteiger partial charge in [-0.2, -0.15) is 0 Å². The van der Waals surface area contributed by atoms with E-state index in [2.05, 4.69) is 0 Å². The Morgan fingerprint density at radius 3 is 2.61 bits per heavy atom. The molecule has 0 atom stereocenters. The van der Waals surface area contributed by atoms with Crippen molar-refractivity contribution in [3.63, 3.8) is 0 Å². The van der Waals surface area contributed by atoms with Gasteiger partial charge in [0.1, 0.15) is 17.1 Å². The summed E-state index contributed by atoms with van der Waals surface area (Å²) in [6, 6.07) is 3.75. The van der Waals surface area contributed by atoms with Gasteiger partial charge in [0.2, 0.25) is 5.91 Å². The molecule has 6 heteroatoms. The molecule has 0 radical (unpaired) electrons. The van der Waals surface area contributed by atoms with Gasteiger partial charge < -0.3 is 14.7 Å². The van der Waals surface area contributed by atoms with Crippen molar-refractivity contribution in [3.05, 3.63) is 29.6 Å². The van der Waals surface area contributed by atoms with E-state index in [0.717, 1.165) is 6.07 Å². The van der Waals surface area contributed by atoms with E-state index >= 15 is 0 Å². The minimum absolute atomic E-state index is 0.000741. The van der Waals surface area contributed by atoms with Crippen LogP contribution < -0.4 is 4.74 Å². The summed E-state index contributed by atoms with van der Waals surface area (Å²) >= 11 is 0. The Labute approximate surface area is 104 Å². The lowest BCUT2D eigenvalue weighted by atomic mass is 10.2. The van der Waals surface area contributed by atoms with Crippen LogP contribution in [0, 0.1) is 5.82 Å². The van der Waals surface area contributed by atoms with Crippen LogP contribution in [0.4, 0.5) is 4.39 Å². The fraction of sp³-hybridized carbons (Fsp3) is 0.333. The molecule has 1 aromatic rings. The Morgan fingerprint density at radius 1 is 1.39 bits per heavy atom. The molecule has 18 heavy (non-hydrogen) atoms. The summed E-state index contributed by atoms with van der Waals surface area (Å²) in [5.74, 6) is -2.49. The first-order valence-electron chi connectivity index (χ1n) is 5.28. The van der Waals surface area contributed by atoms with Gasteiger partial charge in [0.25, 0.3) is 0 Å². The number of carbonyl (C=O) groups excluding carboxylic acids is 1. The van der Waals surface area contributed by atoms with Crippen molar-refractivity contribution in [2.45, 2.75) is 6.42 Å². The highest BCUT2D eigenvalue weighted by Gasteiger charge is 2.17. The normalized spacial score (nSPS) is 9.94. The van der Waals surface area contributed by atoms with Crippen LogP contribution in [0.25, 0.3) is 0 Å². The Kier molecular flexibility index (Phi) is 4.65. The summed E-state index contributed by atoms with van der Waals surface area (Å²) in [5.41, 5.74) is -0.519. The molecule has 0 unspecified atom stereocenters. The minimum atomic E-state index is -1.40. The third-order valence-corrected chi connectivity index (χ3v) is 2.26. The molecule has 0 bridgehead atoms. The summed E-state index contributed by atoms with van der Waals surface area (Å²) in [7, 11) is 3.21. The van der Waals surface area contributed by atoms with Crippen molar-refractivity contribution in [3.8, 4) is 5.75 Å². The number of halogens is 1. The predicted octanol–water partition coefficient (Wildman–Crippen LogP) is 1.38. The first-order valence-corrected chi connectivity index (χ1v) is 5.28. The summed E-state index contributed by atoms with van der Waals surface area (Å²) in [6.07, 6.45) is 0.0998. The van der Waals surface area contributed by atoms with E-state index in [1.165, 1.54) is 17.0 Å². The molecule has 98 valence electrons.